The summed E-state index contributed by atoms with van der Waals surface area (Å²) in [4.78, 5) is 64.2. The largest absolute Gasteiger partial charge is 0.460 e. The number of esters is 1. The molecular weight excluding hydrogens is 942 g/mol. The first kappa shape index (κ1) is 57.7. The Morgan fingerprint density at radius 1 is 0.808 bits per heavy atom. The van der Waals surface area contributed by atoms with Crippen molar-refractivity contribution in [1.29, 1.82) is 0 Å². The number of likely N-dealkylation sites (N-methyl/N-ethyl adjacent to an activating group) is 2. The average molecular weight is 1030 g/mol. The molecule has 3 aliphatic rings. The number of methoxy groups -OCH3 is 2. The van der Waals surface area contributed by atoms with Crippen LogP contribution in [0.2, 0.25) is 5.02 Å². The van der Waals surface area contributed by atoms with Crippen LogP contribution in [0.15, 0.2) is 72.8 Å². The SMILES string of the molecule is CC[C@H](C)[C@@H]([C@@H](CC)OC)N(C)C(=O)[C@@H](NC(=O)[C@H](C(C)C)N(C)C(=O)O[C@@H](C1c2ccccc2-c2ccccc21)N1[C@H]2C[C@H]2C[C@H]1[C@H](OC)[C@H](C)[C@H](N)[C@H](Cc1ccccc1Cl)C(=O)OC(C)(C)C)C(C)C. The van der Waals surface area contributed by atoms with Crippen molar-refractivity contribution in [3.63, 3.8) is 0 Å². The topological polar surface area (TPSA) is 153 Å². The first-order chi connectivity index (χ1) is 34.5. The lowest BCUT2D eigenvalue weighted by Gasteiger charge is -2.44. The van der Waals surface area contributed by atoms with Gasteiger partial charge in [-0.3, -0.25) is 24.2 Å². The first-order valence-corrected chi connectivity index (χ1v) is 27.1. The third kappa shape index (κ3) is 12.6. The molecule has 1 aliphatic heterocycles. The van der Waals surface area contributed by atoms with Crippen LogP contribution in [0.4, 0.5) is 4.79 Å². The average Bonchev–Trinajstić information content (AvgIpc) is 3.89. The summed E-state index contributed by atoms with van der Waals surface area (Å²) in [7, 11) is 6.76. The fourth-order valence-electron chi connectivity index (χ4n) is 12.1. The van der Waals surface area contributed by atoms with E-state index in [2.05, 4.69) is 48.3 Å². The summed E-state index contributed by atoms with van der Waals surface area (Å²) in [6.45, 7) is 21.5. The van der Waals surface area contributed by atoms with Gasteiger partial charge in [0, 0.05) is 51.5 Å². The van der Waals surface area contributed by atoms with Crippen LogP contribution in [-0.2, 0) is 39.8 Å². The monoisotopic (exact) mass is 1030 g/mol. The number of nitrogens with two attached hydrogens (primary N) is 1. The Morgan fingerprint density at radius 2 is 1.40 bits per heavy atom. The highest BCUT2D eigenvalue weighted by molar-refractivity contribution is 6.31. The number of carbonyl (C=O) groups excluding carboxylic acids is 4. The summed E-state index contributed by atoms with van der Waals surface area (Å²) in [6.07, 6.45) is 1.33. The molecule has 14 heteroatoms. The van der Waals surface area contributed by atoms with E-state index in [1.165, 1.54) is 4.90 Å². The van der Waals surface area contributed by atoms with Gasteiger partial charge >= 0.3 is 12.1 Å². The van der Waals surface area contributed by atoms with Gasteiger partial charge in [0.15, 0.2) is 6.23 Å². The van der Waals surface area contributed by atoms with Crippen LogP contribution in [-0.4, -0.2) is 127 Å². The number of hydrogen-bond acceptors (Lipinski definition) is 10. The number of likely N-dealkylation sites (tertiary alicyclic amines) is 1. The fourth-order valence-corrected chi connectivity index (χ4v) is 12.3. The van der Waals surface area contributed by atoms with Gasteiger partial charge < -0.3 is 34.9 Å². The normalized spacial score (nSPS) is 21.6. The van der Waals surface area contributed by atoms with E-state index in [1.807, 2.05) is 111 Å². The van der Waals surface area contributed by atoms with E-state index >= 15 is 4.79 Å². The van der Waals surface area contributed by atoms with E-state index in [4.69, 9.17) is 36.3 Å². The second-order valence-electron chi connectivity index (χ2n) is 22.8. The van der Waals surface area contributed by atoms with Crippen LogP contribution in [0.3, 0.4) is 0 Å². The molecule has 0 bridgehead atoms. The molecule has 2 fully saturated rings. The Morgan fingerprint density at radius 3 is 1.92 bits per heavy atom. The third-order valence-electron chi connectivity index (χ3n) is 16.2. The minimum absolute atomic E-state index is 0.0718. The summed E-state index contributed by atoms with van der Waals surface area (Å²) in [5.74, 6) is -2.75. The van der Waals surface area contributed by atoms with Gasteiger partial charge in [-0.1, -0.05) is 140 Å². The molecule has 3 aromatic carbocycles. The fraction of sp³-hybridized carbons (Fsp3) is 0.627. The number of carbonyl (C=O) groups is 4. The summed E-state index contributed by atoms with van der Waals surface area (Å²) < 4.78 is 25.4. The zero-order valence-corrected chi connectivity index (χ0v) is 47.0. The number of amides is 3. The van der Waals surface area contributed by atoms with Gasteiger partial charge in [-0.15, -0.1) is 0 Å². The van der Waals surface area contributed by atoms with Gasteiger partial charge in [0.1, 0.15) is 17.7 Å². The number of piperidine rings is 1. The molecule has 3 N–H and O–H groups in total. The summed E-state index contributed by atoms with van der Waals surface area (Å²) in [5, 5.41) is 3.65. The molecule has 402 valence electrons. The predicted octanol–water partition coefficient (Wildman–Crippen LogP) is 9.95. The Kier molecular flexibility index (Phi) is 19.3. The van der Waals surface area contributed by atoms with Crippen molar-refractivity contribution in [1.82, 2.24) is 20.0 Å². The molecule has 0 spiro atoms. The highest BCUT2D eigenvalue weighted by atomic mass is 35.5. The zero-order valence-electron chi connectivity index (χ0n) is 46.3. The lowest BCUT2D eigenvalue weighted by molar-refractivity contribution is -0.162. The zero-order chi connectivity index (χ0) is 53.8. The number of halogens is 1. The Labute approximate surface area is 441 Å². The molecule has 3 aromatic rings. The molecular formula is C59H86ClN5O8. The van der Waals surface area contributed by atoms with Gasteiger partial charge in [-0.05, 0) is 110 Å². The highest BCUT2D eigenvalue weighted by Gasteiger charge is 2.60. The van der Waals surface area contributed by atoms with Gasteiger partial charge in [-0.2, -0.15) is 0 Å². The molecule has 13 nitrogen and oxygen atoms in total. The molecule has 6 rings (SSSR count). The van der Waals surface area contributed by atoms with Crippen molar-refractivity contribution in [2.24, 2.45) is 41.2 Å². The number of nitrogens with one attached hydrogen (secondary N) is 1. The van der Waals surface area contributed by atoms with E-state index < -0.39 is 65.9 Å². The molecule has 0 aromatic heterocycles. The number of nitrogens with zero attached hydrogens (tertiary/aromatic N) is 3. The highest BCUT2D eigenvalue weighted by Crippen LogP contribution is 2.56. The number of ether oxygens (including phenoxy) is 4. The standard InChI is InChI=1S/C59H86ClN5O8/c1-16-35(7)52(47(17-2)70-14)63(12)55(67)50(33(3)4)62-54(66)51(34(5)6)64(13)58(69)72-56(48-41-27-21-19-25-39(41)40-26-20-22-28-42(40)48)65-45-31-38(45)32-46(65)53(71-15)36(8)49(61)43(57(68)73-59(9,10)11)30-37-24-18-23-29-44(37)60/h18-29,33-36,38,43,45-53,56H,16-17,30-32,61H2,1-15H3,(H,62,66)/t35-,36+,38-,43-,45-,46-,47+,49-,50-,51-,52-,53+,56-/m0/s1. The lowest BCUT2D eigenvalue weighted by Crippen LogP contribution is -2.60. The van der Waals surface area contributed by atoms with Crippen molar-refractivity contribution in [2.45, 2.75) is 174 Å². The molecule has 1 heterocycles. The lowest BCUT2D eigenvalue weighted by atomic mass is 9.80. The Balaban J connectivity index is 1.35. The molecule has 2 aliphatic carbocycles. The van der Waals surface area contributed by atoms with Crippen LogP contribution in [0, 0.1) is 35.5 Å². The van der Waals surface area contributed by atoms with Crippen molar-refractivity contribution in [2.75, 3.05) is 28.3 Å². The summed E-state index contributed by atoms with van der Waals surface area (Å²) >= 11 is 6.70. The van der Waals surface area contributed by atoms with E-state index in [1.54, 1.807) is 33.2 Å². The maximum absolute atomic E-state index is 15.2. The first-order valence-electron chi connectivity index (χ1n) is 26.7. The van der Waals surface area contributed by atoms with Gasteiger partial charge in [-0.25, -0.2) is 4.79 Å². The minimum Gasteiger partial charge on any atom is -0.460 e. The molecule has 3 amide bonds. The van der Waals surface area contributed by atoms with Crippen molar-refractivity contribution >= 4 is 35.5 Å². The van der Waals surface area contributed by atoms with Crippen LogP contribution >= 0.6 is 11.6 Å². The summed E-state index contributed by atoms with van der Waals surface area (Å²) in [6, 6.07) is 21.0. The van der Waals surface area contributed by atoms with Crippen molar-refractivity contribution in [3.05, 3.63) is 94.5 Å². The van der Waals surface area contributed by atoms with E-state index in [9.17, 15) is 14.4 Å². The predicted molar refractivity (Wildman–Crippen MR) is 289 cm³/mol. The Bertz CT molecular complexity index is 2320. The number of rotatable bonds is 23. The molecule has 0 unspecified atom stereocenters. The quantitative estimate of drug-likeness (QED) is 0.0878. The maximum Gasteiger partial charge on any atom is 0.411 e. The van der Waals surface area contributed by atoms with Crippen molar-refractivity contribution in [3.8, 4) is 11.1 Å². The molecule has 1 saturated heterocycles. The Hall–Kier alpha value is -4.53. The summed E-state index contributed by atoms with van der Waals surface area (Å²) in [5.41, 5.74) is 11.5. The van der Waals surface area contributed by atoms with Crippen LogP contribution in [0.5, 0.6) is 0 Å². The van der Waals surface area contributed by atoms with Gasteiger partial charge in [0.05, 0.1) is 30.1 Å². The maximum atomic E-state index is 15.2. The molecule has 73 heavy (non-hydrogen) atoms. The second kappa shape index (κ2) is 24.4. The van der Waals surface area contributed by atoms with E-state index in [0.717, 1.165) is 53.5 Å². The molecule has 1 saturated carbocycles. The van der Waals surface area contributed by atoms with E-state index in [0.29, 0.717) is 10.9 Å². The smallest absolute Gasteiger partial charge is 0.411 e. The van der Waals surface area contributed by atoms with Crippen LogP contribution in [0.1, 0.15) is 124 Å². The van der Waals surface area contributed by atoms with E-state index in [-0.39, 0.29) is 60.2 Å². The molecule has 0 radical (unpaired) electrons. The molecule has 13 atom stereocenters. The minimum atomic E-state index is -0.987. The van der Waals surface area contributed by atoms with Crippen LogP contribution < -0.4 is 11.1 Å². The number of benzene rings is 3. The number of hydrogen-bond donors (Lipinski definition) is 2. The van der Waals surface area contributed by atoms with Gasteiger partial charge in [0.25, 0.3) is 0 Å². The third-order valence-corrected chi connectivity index (χ3v) is 16.5. The second-order valence-corrected chi connectivity index (χ2v) is 23.3. The van der Waals surface area contributed by atoms with Gasteiger partial charge in [0.2, 0.25) is 11.8 Å². The number of fused-ring (bicyclic) bond motifs is 4. The van der Waals surface area contributed by atoms with Crippen LogP contribution in [0.25, 0.3) is 11.1 Å². The van der Waals surface area contributed by atoms with Crippen molar-refractivity contribution < 1.29 is 38.1 Å².